The van der Waals surface area contributed by atoms with Gasteiger partial charge < -0.3 is 9.80 Å². The van der Waals surface area contributed by atoms with Crippen LogP contribution in [0.4, 0.5) is 22.6 Å². The number of hydrogen-bond donors (Lipinski definition) is 0. The van der Waals surface area contributed by atoms with Crippen molar-refractivity contribution in [3.8, 4) is 11.3 Å². The summed E-state index contributed by atoms with van der Waals surface area (Å²) in [6.45, 7) is 6.46. The third kappa shape index (κ3) is 4.85. The summed E-state index contributed by atoms with van der Waals surface area (Å²) >= 11 is 0.561. The predicted molar refractivity (Wildman–Crippen MR) is 115 cm³/mol. The number of benzene rings is 1. The molecule has 7 nitrogen and oxygen atoms in total. The van der Waals surface area contributed by atoms with Gasteiger partial charge in [-0.25, -0.2) is 19.0 Å². The van der Waals surface area contributed by atoms with Gasteiger partial charge >= 0.3 is 6.18 Å². The number of piperazine rings is 1. The summed E-state index contributed by atoms with van der Waals surface area (Å²) < 4.78 is 55.1. The third-order valence-corrected chi connectivity index (χ3v) is 6.61. The molecule has 1 atom stereocenters. The Morgan fingerprint density at radius 3 is 2.42 bits per heavy atom. The minimum Gasteiger partial charge on any atom is -0.358 e. The molecule has 1 aromatic carbocycles. The number of aryl methyl sites for hydroxylation is 2. The van der Waals surface area contributed by atoms with E-state index in [1.54, 1.807) is 23.4 Å². The van der Waals surface area contributed by atoms with Crippen LogP contribution in [0, 0.1) is 19.7 Å². The molecule has 2 aromatic heterocycles. The van der Waals surface area contributed by atoms with Gasteiger partial charge in [0, 0.05) is 31.2 Å². The average molecular weight is 483 g/mol. The summed E-state index contributed by atoms with van der Waals surface area (Å²) in [5, 5.41) is 3.62. The highest BCUT2D eigenvalue weighted by atomic mass is 32.1. The van der Waals surface area contributed by atoms with Gasteiger partial charge in [-0.05, 0) is 45.0 Å². The number of aromatic nitrogens is 4. The lowest BCUT2D eigenvalue weighted by atomic mass is 10.1. The number of alkyl halides is 3. The van der Waals surface area contributed by atoms with Crippen LogP contribution in [-0.2, 0) is 17.5 Å². The van der Waals surface area contributed by atoms with Crippen LogP contribution in [0.2, 0.25) is 0 Å². The molecule has 1 amide bonds. The van der Waals surface area contributed by atoms with Crippen molar-refractivity contribution in [2.45, 2.75) is 39.5 Å². The molecule has 33 heavy (non-hydrogen) atoms. The molecular weight excluding hydrogens is 460 g/mol. The molecule has 0 N–H and O–H groups in total. The van der Waals surface area contributed by atoms with E-state index in [1.165, 1.54) is 24.3 Å². The molecule has 0 radical (unpaired) electrons. The van der Waals surface area contributed by atoms with E-state index in [1.807, 2.05) is 11.8 Å². The van der Waals surface area contributed by atoms with Crippen molar-refractivity contribution in [3.63, 3.8) is 0 Å². The molecule has 0 saturated carbocycles. The zero-order valence-corrected chi connectivity index (χ0v) is 19.0. The van der Waals surface area contributed by atoms with Crippen LogP contribution in [0.5, 0.6) is 0 Å². The van der Waals surface area contributed by atoms with Gasteiger partial charge in [-0.3, -0.25) is 4.79 Å². The minimum absolute atomic E-state index is 0.0522. The Morgan fingerprint density at radius 1 is 1.15 bits per heavy atom. The summed E-state index contributed by atoms with van der Waals surface area (Å²) in [6.07, 6.45) is -4.59. The van der Waals surface area contributed by atoms with Crippen molar-refractivity contribution in [1.82, 2.24) is 24.6 Å². The average Bonchev–Trinajstić information content (AvgIpc) is 3.32. The molecule has 1 fully saturated rings. The Labute approximate surface area is 191 Å². The van der Waals surface area contributed by atoms with Crippen molar-refractivity contribution in [3.05, 3.63) is 46.7 Å². The highest BCUT2D eigenvalue weighted by Crippen LogP contribution is 2.43. The maximum Gasteiger partial charge on any atom is 0.443 e. The van der Waals surface area contributed by atoms with Crippen LogP contribution in [-0.4, -0.2) is 56.2 Å². The number of nitrogens with zero attached hydrogens (tertiary/aromatic N) is 6. The lowest BCUT2D eigenvalue weighted by molar-refractivity contribution is -0.137. The van der Waals surface area contributed by atoms with Gasteiger partial charge in [0.2, 0.25) is 10.9 Å². The number of rotatable bonds is 4. The maximum absolute atomic E-state index is 13.4. The molecule has 1 aliphatic rings. The van der Waals surface area contributed by atoms with E-state index < -0.39 is 17.0 Å². The van der Waals surface area contributed by atoms with Crippen LogP contribution in [0.3, 0.4) is 0 Å². The molecule has 0 bridgehead atoms. The number of anilines is 1. The number of hydrogen-bond acceptors (Lipinski definition) is 6. The van der Waals surface area contributed by atoms with Crippen molar-refractivity contribution < 1.29 is 22.4 Å². The van der Waals surface area contributed by atoms with E-state index in [0.29, 0.717) is 53.2 Å². The van der Waals surface area contributed by atoms with E-state index in [0.717, 1.165) is 0 Å². The Morgan fingerprint density at radius 2 is 1.85 bits per heavy atom. The van der Waals surface area contributed by atoms with Crippen LogP contribution in [0.25, 0.3) is 11.3 Å². The highest BCUT2D eigenvalue weighted by molar-refractivity contribution is 7.16. The van der Waals surface area contributed by atoms with Crippen molar-refractivity contribution in [2.24, 2.45) is 0 Å². The predicted octanol–water partition coefficient (Wildman–Crippen LogP) is 3.91. The van der Waals surface area contributed by atoms with Crippen molar-refractivity contribution >= 4 is 22.2 Å². The molecule has 3 aromatic rings. The molecule has 1 saturated heterocycles. The van der Waals surface area contributed by atoms with Crippen molar-refractivity contribution in [1.29, 1.82) is 0 Å². The first-order valence-corrected chi connectivity index (χ1v) is 11.1. The number of amides is 1. The second-order valence-electron chi connectivity index (χ2n) is 7.92. The summed E-state index contributed by atoms with van der Waals surface area (Å²) in [5.41, 5.74) is 0.564. The zero-order valence-electron chi connectivity index (χ0n) is 18.2. The summed E-state index contributed by atoms with van der Waals surface area (Å²) in [5.74, 6) is 0.608. The Kier molecular flexibility index (Phi) is 6.12. The highest BCUT2D eigenvalue weighted by Gasteiger charge is 2.38. The normalized spacial score (nSPS) is 17.0. The van der Waals surface area contributed by atoms with E-state index in [2.05, 4.69) is 15.1 Å². The van der Waals surface area contributed by atoms with E-state index in [9.17, 15) is 22.4 Å². The lowest BCUT2D eigenvalue weighted by Gasteiger charge is -2.40. The SMILES string of the molecule is Cc1nc(C)n(CC(=O)N2CCN(c3sc(C(F)(F)F)nc3-c3ccc(F)cc3)C[C@H]2C)n1. The smallest absolute Gasteiger partial charge is 0.358 e. The van der Waals surface area contributed by atoms with Crippen LogP contribution >= 0.6 is 11.3 Å². The van der Waals surface area contributed by atoms with E-state index in [-0.39, 0.29) is 24.2 Å². The maximum atomic E-state index is 13.4. The molecule has 176 valence electrons. The molecule has 1 aliphatic heterocycles. The topological polar surface area (TPSA) is 67.2 Å². The molecular formula is C21H22F4N6OS. The molecule has 12 heteroatoms. The van der Waals surface area contributed by atoms with Crippen LogP contribution in [0.15, 0.2) is 24.3 Å². The van der Waals surface area contributed by atoms with Crippen LogP contribution < -0.4 is 4.90 Å². The summed E-state index contributed by atoms with van der Waals surface area (Å²) in [7, 11) is 0. The lowest BCUT2D eigenvalue weighted by Crippen LogP contribution is -2.54. The second-order valence-corrected chi connectivity index (χ2v) is 8.90. The van der Waals surface area contributed by atoms with E-state index in [4.69, 9.17) is 0 Å². The zero-order chi connectivity index (χ0) is 23.9. The molecule has 0 aliphatic carbocycles. The number of halogens is 4. The molecule has 0 spiro atoms. The fraction of sp³-hybridized carbons (Fsp3) is 0.429. The van der Waals surface area contributed by atoms with Gasteiger partial charge in [0.25, 0.3) is 0 Å². The van der Waals surface area contributed by atoms with Gasteiger partial charge in [0.15, 0.2) is 0 Å². The van der Waals surface area contributed by atoms with Gasteiger partial charge in [-0.15, -0.1) is 0 Å². The monoisotopic (exact) mass is 482 g/mol. The van der Waals surface area contributed by atoms with Crippen LogP contribution in [0.1, 0.15) is 23.6 Å². The largest absolute Gasteiger partial charge is 0.443 e. The van der Waals surface area contributed by atoms with Gasteiger partial charge in [0.1, 0.15) is 34.7 Å². The Hall–Kier alpha value is -3.02. The standard InChI is InChI=1S/C21H22F4N6OS/c1-12-10-29(8-9-30(12)17(32)11-31-14(3)26-13(2)28-31)19-18(15-4-6-16(22)7-5-15)27-20(33-19)21(23,24)25/h4-7,12H,8-11H2,1-3H3/t12-/m1/s1. The van der Waals surface area contributed by atoms with Crippen molar-refractivity contribution in [2.75, 3.05) is 24.5 Å². The Balaban J connectivity index is 1.56. The number of carbonyl (C=O) groups is 1. The van der Waals surface area contributed by atoms with E-state index >= 15 is 0 Å². The first-order valence-electron chi connectivity index (χ1n) is 10.3. The first-order chi connectivity index (χ1) is 15.5. The van der Waals surface area contributed by atoms with Gasteiger partial charge in [-0.1, -0.05) is 11.3 Å². The fourth-order valence-electron chi connectivity index (χ4n) is 3.89. The Bertz CT molecular complexity index is 1160. The number of carbonyl (C=O) groups excluding carboxylic acids is 1. The fourth-order valence-corrected chi connectivity index (χ4v) is 4.88. The quantitative estimate of drug-likeness (QED) is 0.528. The van der Waals surface area contributed by atoms with Gasteiger partial charge in [0.05, 0.1) is 0 Å². The summed E-state index contributed by atoms with van der Waals surface area (Å²) in [4.78, 5) is 24.4. The van der Waals surface area contributed by atoms with Gasteiger partial charge in [-0.2, -0.15) is 18.3 Å². The third-order valence-electron chi connectivity index (χ3n) is 5.45. The molecule has 3 heterocycles. The minimum atomic E-state index is -4.59. The summed E-state index contributed by atoms with van der Waals surface area (Å²) in [6, 6.07) is 4.98. The molecule has 4 rings (SSSR count). The first kappa shape index (κ1) is 23.1. The second kappa shape index (κ2) is 8.73. The molecule has 0 unspecified atom stereocenters. The number of thiazole rings is 1.